The molecule has 0 saturated carbocycles. The van der Waals surface area contributed by atoms with Gasteiger partial charge in [0.15, 0.2) is 0 Å². The summed E-state index contributed by atoms with van der Waals surface area (Å²) in [6.45, 7) is 5.02. The number of hydrazine groups is 1. The van der Waals surface area contributed by atoms with Gasteiger partial charge in [-0.15, -0.1) is 0 Å². The van der Waals surface area contributed by atoms with Gasteiger partial charge in [0.1, 0.15) is 0 Å². The molecule has 172 valence electrons. The van der Waals surface area contributed by atoms with Gasteiger partial charge in [-0.3, -0.25) is 9.78 Å². The van der Waals surface area contributed by atoms with Gasteiger partial charge in [0.25, 0.3) is 0 Å². The van der Waals surface area contributed by atoms with E-state index in [4.69, 9.17) is 16.6 Å². The van der Waals surface area contributed by atoms with Gasteiger partial charge in [-0.2, -0.15) is 0 Å². The topological polar surface area (TPSA) is 101 Å². The maximum atomic E-state index is 10.6. The number of anilines is 1. The molecule has 2 heterocycles. The first-order valence-corrected chi connectivity index (χ1v) is 11.8. The van der Waals surface area contributed by atoms with Crippen LogP contribution in [0.3, 0.4) is 0 Å². The lowest BCUT2D eigenvalue weighted by atomic mass is 9.92. The standard InChI is InChI=1S/C16H21N3.C11H12N2O/c1-3-19(17)16-12-6-4-5-7-14(12)18-15-10-11(2)8-9-13(15)16;12-11(14)6-5-8-7-13-10-4-2-1-3-9(8)10/h8-10H,3-7,17H2,1-2H3;1-4,7,13H,5-6H2,(H2,12,14). The molecular weight excluding hydrogens is 410 g/mol. The van der Waals surface area contributed by atoms with Crippen molar-refractivity contribution in [2.24, 2.45) is 11.6 Å². The van der Waals surface area contributed by atoms with E-state index < -0.39 is 0 Å². The fraction of sp³-hybridized carbons (Fsp3) is 0.333. The second kappa shape index (κ2) is 10.0. The number of carbonyl (C=O) groups is 1. The zero-order chi connectivity index (χ0) is 23.4. The van der Waals surface area contributed by atoms with E-state index in [2.05, 4.69) is 37.0 Å². The van der Waals surface area contributed by atoms with Gasteiger partial charge in [0.05, 0.1) is 11.2 Å². The second-order valence-electron chi connectivity index (χ2n) is 8.73. The number of carbonyl (C=O) groups excluding carboxylic acids is 1. The molecule has 6 heteroatoms. The van der Waals surface area contributed by atoms with Crippen LogP contribution in [0, 0.1) is 6.92 Å². The predicted octanol–water partition coefficient (Wildman–Crippen LogP) is 4.71. The molecule has 0 radical (unpaired) electrons. The molecule has 1 amide bonds. The summed E-state index contributed by atoms with van der Waals surface area (Å²) in [6, 6.07) is 14.5. The van der Waals surface area contributed by atoms with Crippen molar-refractivity contribution in [1.29, 1.82) is 0 Å². The Kier molecular flexibility index (Phi) is 6.94. The minimum atomic E-state index is -0.254. The van der Waals surface area contributed by atoms with Gasteiger partial charge in [0.2, 0.25) is 5.91 Å². The van der Waals surface area contributed by atoms with Gasteiger partial charge < -0.3 is 15.7 Å². The van der Waals surface area contributed by atoms with Crippen LogP contribution in [-0.4, -0.2) is 22.4 Å². The number of aromatic amines is 1. The minimum Gasteiger partial charge on any atom is -0.370 e. The largest absolute Gasteiger partial charge is 0.370 e. The number of nitrogens with two attached hydrogens (primary N) is 2. The Bertz CT molecular complexity index is 1280. The Morgan fingerprint density at radius 1 is 1.12 bits per heavy atom. The number of nitrogens with one attached hydrogen (secondary N) is 1. The van der Waals surface area contributed by atoms with E-state index in [1.807, 2.05) is 35.5 Å². The van der Waals surface area contributed by atoms with Crippen molar-refractivity contribution in [2.45, 2.75) is 52.4 Å². The van der Waals surface area contributed by atoms with Gasteiger partial charge in [-0.05, 0) is 74.8 Å². The third kappa shape index (κ3) is 5.01. The zero-order valence-corrected chi connectivity index (χ0v) is 19.5. The Balaban J connectivity index is 0.000000165. The summed E-state index contributed by atoms with van der Waals surface area (Å²) in [5.41, 5.74) is 13.5. The maximum Gasteiger partial charge on any atom is 0.217 e. The molecular formula is C27H33N5O. The Morgan fingerprint density at radius 3 is 2.70 bits per heavy atom. The molecule has 0 bridgehead atoms. The van der Waals surface area contributed by atoms with Crippen LogP contribution in [0.5, 0.6) is 0 Å². The molecule has 6 nitrogen and oxygen atoms in total. The van der Waals surface area contributed by atoms with Crippen LogP contribution in [0.2, 0.25) is 0 Å². The molecule has 5 N–H and O–H groups in total. The maximum absolute atomic E-state index is 10.6. The summed E-state index contributed by atoms with van der Waals surface area (Å²) in [4.78, 5) is 18.7. The summed E-state index contributed by atoms with van der Waals surface area (Å²) in [5.74, 6) is 5.97. The number of hydrogen-bond donors (Lipinski definition) is 3. The summed E-state index contributed by atoms with van der Waals surface area (Å²) in [5, 5.41) is 4.24. The lowest BCUT2D eigenvalue weighted by Gasteiger charge is -2.26. The predicted molar refractivity (Wildman–Crippen MR) is 136 cm³/mol. The number of aromatic nitrogens is 2. The number of benzene rings is 2. The van der Waals surface area contributed by atoms with Crippen molar-refractivity contribution < 1.29 is 4.79 Å². The molecule has 33 heavy (non-hydrogen) atoms. The summed E-state index contributed by atoms with van der Waals surface area (Å²) in [6.07, 6.45) is 7.73. The third-order valence-corrected chi connectivity index (χ3v) is 6.33. The van der Waals surface area contributed by atoms with Crippen LogP contribution in [0.25, 0.3) is 21.8 Å². The molecule has 4 aromatic rings. The summed E-state index contributed by atoms with van der Waals surface area (Å²) >= 11 is 0. The number of rotatable bonds is 5. The minimum absolute atomic E-state index is 0.254. The van der Waals surface area contributed by atoms with E-state index in [1.165, 1.54) is 46.1 Å². The van der Waals surface area contributed by atoms with Gasteiger partial charge in [-0.25, -0.2) is 5.84 Å². The van der Waals surface area contributed by atoms with Crippen molar-refractivity contribution >= 4 is 33.4 Å². The monoisotopic (exact) mass is 443 g/mol. The lowest BCUT2D eigenvalue weighted by molar-refractivity contribution is -0.117. The number of primary amides is 1. The number of nitrogens with zero attached hydrogens (tertiary/aromatic N) is 2. The van der Waals surface area contributed by atoms with E-state index in [1.54, 1.807) is 0 Å². The molecule has 1 aliphatic carbocycles. The van der Waals surface area contributed by atoms with Crippen molar-refractivity contribution in [3.8, 4) is 0 Å². The van der Waals surface area contributed by atoms with E-state index in [0.29, 0.717) is 12.8 Å². The lowest BCUT2D eigenvalue weighted by Crippen LogP contribution is -2.32. The number of pyridine rings is 1. The highest BCUT2D eigenvalue weighted by molar-refractivity contribution is 5.94. The highest BCUT2D eigenvalue weighted by Gasteiger charge is 2.20. The van der Waals surface area contributed by atoms with Gasteiger partial charge in [-0.1, -0.05) is 30.3 Å². The second-order valence-corrected chi connectivity index (χ2v) is 8.73. The van der Waals surface area contributed by atoms with Crippen LogP contribution < -0.4 is 16.6 Å². The smallest absolute Gasteiger partial charge is 0.217 e. The van der Waals surface area contributed by atoms with E-state index in [9.17, 15) is 4.79 Å². The Morgan fingerprint density at radius 2 is 1.91 bits per heavy atom. The molecule has 0 atom stereocenters. The number of H-pyrrole nitrogens is 1. The SMILES string of the molecule is CCN(N)c1c2c(nc3cc(C)ccc13)CCCC2.NC(=O)CCc1c[nH]c2ccccc12. The van der Waals surface area contributed by atoms with Crippen molar-refractivity contribution in [3.05, 3.63) is 71.0 Å². The third-order valence-electron chi connectivity index (χ3n) is 6.33. The molecule has 2 aromatic heterocycles. The zero-order valence-electron chi connectivity index (χ0n) is 19.5. The first-order valence-electron chi connectivity index (χ1n) is 11.8. The molecule has 0 fully saturated rings. The van der Waals surface area contributed by atoms with Gasteiger partial charge >= 0.3 is 0 Å². The van der Waals surface area contributed by atoms with Crippen LogP contribution >= 0.6 is 0 Å². The molecule has 0 saturated heterocycles. The highest BCUT2D eigenvalue weighted by Crippen LogP contribution is 2.35. The van der Waals surface area contributed by atoms with Crippen molar-refractivity contribution in [1.82, 2.24) is 9.97 Å². The van der Waals surface area contributed by atoms with Crippen molar-refractivity contribution in [2.75, 3.05) is 11.6 Å². The van der Waals surface area contributed by atoms with Crippen LogP contribution in [0.15, 0.2) is 48.7 Å². The molecule has 2 aromatic carbocycles. The Labute approximate surface area is 195 Å². The molecule has 5 rings (SSSR count). The van der Waals surface area contributed by atoms with E-state index in [-0.39, 0.29) is 5.91 Å². The number of hydrogen-bond acceptors (Lipinski definition) is 4. The fourth-order valence-corrected chi connectivity index (χ4v) is 4.59. The number of fused-ring (bicyclic) bond motifs is 3. The number of aryl methyl sites for hydroxylation is 3. The highest BCUT2D eigenvalue weighted by atomic mass is 16.1. The molecule has 0 spiro atoms. The quantitative estimate of drug-likeness (QED) is 0.307. The molecule has 0 aliphatic heterocycles. The van der Waals surface area contributed by atoms with Crippen LogP contribution in [0.1, 0.15) is 48.6 Å². The normalized spacial score (nSPS) is 12.8. The average Bonchev–Trinajstić information content (AvgIpc) is 3.24. The van der Waals surface area contributed by atoms with Gasteiger partial charge in [0, 0.05) is 41.1 Å². The number of para-hydroxylation sites is 1. The van der Waals surface area contributed by atoms with Crippen LogP contribution in [0.4, 0.5) is 5.69 Å². The number of amides is 1. The fourth-order valence-electron chi connectivity index (χ4n) is 4.59. The Hall–Kier alpha value is -3.38. The van der Waals surface area contributed by atoms with E-state index >= 15 is 0 Å². The summed E-state index contributed by atoms with van der Waals surface area (Å²) < 4.78 is 0. The van der Waals surface area contributed by atoms with Crippen molar-refractivity contribution in [3.63, 3.8) is 0 Å². The average molecular weight is 444 g/mol. The summed E-state index contributed by atoms with van der Waals surface area (Å²) in [7, 11) is 0. The van der Waals surface area contributed by atoms with E-state index in [0.717, 1.165) is 36.0 Å². The van der Waals surface area contributed by atoms with Crippen LogP contribution in [-0.2, 0) is 24.1 Å². The molecule has 1 aliphatic rings. The first-order chi connectivity index (χ1) is 16.0. The first kappa shape index (κ1) is 22.8. The molecule has 0 unspecified atom stereocenters.